The number of hydrogen-bond donors (Lipinski definition) is 1. The van der Waals surface area contributed by atoms with Gasteiger partial charge in [0.1, 0.15) is 0 Å². The van der Waals surface area contributed by atoms with Crippen LogP contribution >= 0.6 is 0 Å². The molecular formula is C21H28N6O3S. The molecule has 0 saturated heterocycles. The van der Waals surface area contributed by atoms with Crippen molar-refractivity contribution in [1.82, 2.24) is 9.45 Å². The van der Waals surface area contributed by atoms with Gasteiger partial charge in [0.15, 0.2) is 0 Å². The second-order valence-corrected chi connectivity index (χ2v) is 8.76. The lowest BCUT2D eigenvalue weighted by atomic mass is 10.2. The van der Waals surface area contributed by atoms with Gasteiger partial charge < -0.3 is 10.6 Å². The lowest BCUT2D eigenvalue weighted by molar-refractivity contribution is -0.0962. The number of benzene rings is 1. The highest BCUT2D eigenvalue weighted by Gasteiger charge is 2.17. The van der Waals surface area contributed by atoms with Crippen LogP contribution in [0.25, 0.3) is 0 Å². The molecule has 1 heterocycles. The molecule has 31 heavy (non-hydrogen) atoms. The maximum Gasteiger partial charge on any atom is 0.233 e. The lowest BCUT2D eigenvalue weighted by Gasteiger charge is -2.23. The number of hydrogen-bond acceptors (Lipinski definition) is 6. The molecule has 0 aliphatic carbocycles. The molecule has 0 aliphatic heterocycles. The van der Waals surface area contributed by atoms with E-state index in [1.165, 1.54) is 0 Å². The number of guanidine groups is 1. The molecule has 0 fully saturated rings. The molecule has 2 rings (SSSR count). The van der Waals surface area contributed by atoms with Crippen molar-refractivity contribution in [2.45, 2.75) is 32.3 Å². The van der Waals surface area contributed by atoms with Crippen LogP contribution in [0.15, 0.2) is 59.9 Å². The number of unbranched alkanes of at least 4 members (excludes halogenated alkanes) is 3. The Balaban J connectivity index is 1.79. The van der Waals surface area contributed by atoms with Crippen molar-refractivity contribution in [1.29, 1.82) is 5.26 Å². The van der Waals surface area contributed by atoms with Crippen molar-refractivity contribution in [3.05, 3.63) is 60.4 Å². The summed E-state index contributed by atoms with van der Waals surface area (Å²) in [5.41, 5.74) is 7.63. The second kappa shape index (κ2) is 12.6. The molecule has 9 nitrogen and oxygen atoms in total. The minimum absolute atomic E-state index is 0.131. The molecule has 0 saturated carbocycles. The van der Waals surface area contributed by atoms with Crippen molar-refractivity contribution in [2.75, 3.05) is 24.2 Å². The summed E-state index contributed by atoms with van der Waals surface area (Å²) in [5, 5.41) is 8.79. The summed E-state index contributed by atoms with van der Waals surface area (Å²) in [6.07, 6.45) is 9.29. The van der Waals surface area contributed by atoms with E-state index in [9.17, 15) is 8.42 Å². The number of nitriles is 1. The summed E-state index contributed by atoms with van der Waals surface area (Å²) < 4.78 is 25.0. The smallest absolute Gasteiger partial charge is 0.233 e. The third kappa shape index (κ3) is 8.72. The Kier molecular flexibility index (Phi) is 9.90. The zero-order chi connectivity index (χ0) is 22.5. The van der Waals surface area contributed by atoms with Crippen molar-refractivity contribution < 1.29 is 13.3 Å². The Morgan fingerprint density at radius 2 is 1.74 bits per heavy atom. The van der Waals surface area contributed by atoms with Gasteiger partial charge in [0.25, 0.3) is 0 Å². The van der Waals surface area contributed by atoms with Crippen LogP contribution in [-0.4, -0.2) is 43.2 Å². The fourth-order valence-corrected chi connectivity index (χ4v) is 3.63. The highest BCUT2D eigenvalue weighted by atomic mass is 32.2. The Bertz CT molecular complexity index is 962. The average molecular weight is 445 g/mol. The van der Waals surface area contributed by atoms with E-state index in [0.717, 1.165) is 41.2 Å². The fourth-order valence-electron chi connectivity index (χ4n) is 2.92. The Morgan fingerprint density at radius 3 is 2.35 bits per heavy atom. The largest absolute Gasteiger partial charge is 0.369 e. The first-order valence-electron chi connectivity index (χ1n) is 9.96. The third-order valence-electron chi connectivity index (χ3n) is 4.48. The monoisotopic (exact) mass is 444 g/mol. The van der Waals surface area contributed by atoms with E-state index in [4.69, 9.17) is 15.8 Å². The molecule has 2 aromatic rings. The number of nitrogens with two attached hydrogens (primary N) is 1. The van der Waals surface area contributed by atoms with Gasteiger partial charge in [0.2, 0.25) is 22.2 Å². The van der Waals surface area contributed by atoms with Crippen LogP contribution < -0.4 is 10.6 Å². The van der Waals surface area contributed by atoms with Crippen LogP contribution in [0.5, 0.6) is 0 Å². The van der Waals surface area contributed by atoms with E-state index in [0.29, 0.717) is 13.0 Å². The van der Waals surface area contributed by atoms with Crippen molar-refractivity contribution in [3.63, 3.8) is 0 Å². The van der Waals surface area contributed by atoms with Crippen LogP contribution in [-0.2, 0) is 21.5 Å². The highest BCUT2D eigenvalue weighted by Crippen LogP contribution is 2.14. The molecule has 2 N–H and O–H groups in total. The van der Waals surface area contributed by atoms with Gasteiger partial charge in [0.05, 0.1) is 12.9 Å². The van der Waals surface area contributed by atoms with Gasteiger partial charge in [-0.2, -0.15) is 5.26 Å². The standard InChI is InChI=1S/C21H28N6O3S/c1-31(28,29)27(30-17-19-9-5-4-6-10-19)16-8-3-2-7-15-26(21(23)25-18-22)20-11-13-24-14-12-20/h4-6,9-14H,2-3,7-8,15-17H2,1H3,(H2,23,25). The molecule has 0 spiro atoms. The number of aliphatic imine (C=N–C) groups is 1. The second-order valence-electron chi connectivity index (χ2n) is 6.89. The first-order valence-corrected chi connectivity index (χ1v) is 11.8. The number of aromatic nitrogens is 1. The Labute approximate surface area is 183 Å². The molecule has 166 valence electrons. The van der Waals surface area contributed by atoms with Crippen molar-refractivity contribution in [3.8, 4) is 6.19 Å². The quantitative estimate of drug-likeness (QED) is 0.175. The molecule has 1 aromatic heterocycles. The molecular weight excluding hydrogens is 416 g/mol. The van der Waals surface area contributed by atoms with Gasteiger partial charge in [-0.1, -0.05) is 47.6 Å². The van der Waals surface area contributed by atoms with E-state index in [1.807, 2.05) is 30.3 Å². The first-order chi connectivity index (χ1) is 14.9. The zero-order valence-corrected chi connectivity index (χ0v) is 18.4. The van der Waals surface area contributed by atoms with E-state index in [1.54, 1.807) is 35.6 Å². The highest BCUT2D eigenvalue weighted by molar-refractivity contribution is 7.88. The molecule has 0 unspecified atom stereocenters. The van der Waals surface area contributed by atoms with Crippen molar-refractivity contribution >= 4 is 21.7 Å². The number of sulfonamides is 1. The molecule has 0 amide bonds. The predicted octanol–water partition coefficient (Wildman–Crippen LogP) is 2.64. The summed E-state index contributed by atoms with van der Waals surface area (Å²) in [6, 6.07) is 13.0. The number of pyridine rings is 1. The molecule has 0 radical (unpaired) electrons. The summed E-state index contributed by atoms with van der Waals surface area (Å²) in [5.74, 6) is 0.131. The molecule has 0 aliphatic rings. The predicted molar refractivity (Wildman–Crippen MR) is 120 cm³/mol. The normalized spacial score (nSPS) is 12.0. The van der Waals surface area contributed by atoms with E-state index in [-0.39, 0.29) is 19.1 Å². The summed E-state index contributed by atoms with van der Waals surface area (Å²) in [4.78, 5) is 14.9. The summed E-state index contributed by atoms with van der Waals surface area (Å²) in [7, 11) is -3.46. The number of hydroxylamine groups is 1. The molecule has 0 atom stereocenters. The zero-order valence-electron chi connectivity index (χ0n) is 17.6. The van der Waals surface area contributed by atoms with Gasteiger partial charge in [0, 0.05) is 31.2 Å². The van der Waals surface area contributed by atoms with Gasteiger partial charge in [-0.15, -0.1) is 4.99 Å². The summed E-state index contributed by atoms with van der Waals surface area (Å²) in [6.45, 7) is 1.07. The topological polar surface area (TPSA) is 125 Å². The average Bonchev–Trinajstić information content (AvgIpc) is 2.75. The van der Waals surface area contributed by atoms with Crippen LogP contribution in [0.4, 0.5) is 5.69 Å². The number of anilines is 1. The fraction of sp³-hybridized carbons (Fsp3) is 0.381. The third-order valence-corrected chi connectivity index (χ3v) is 5.50. The number of nitrogens with zero attached hydrogens (tertiary/aromatic N) is 5. The Hall–Kier alpha value is -3.00. The van der Waals surface area contributed by atoms with Crippen LogP contribution in [0.2, 0.25) is 0 Å². The van der Waals surface area contributed by atoms with E-state index < -0.39 is 10.0 Å². The van der Waals surface area contributed by atoms with Gasteiger partial charge in [-0.25, -0.2) is 8.42 Å². The van der Waals surface area contributed by atoms with E-state index in [2.05, 4.69) is 9.98 Å². The lowest BCUT2D eigenvalue weighted by Crippen LogP contribution is -2.38. The van der Waals surface area contributed by atoms with Gasteiger partial charge >= 0.3 is 0 Å². The molecule has 1 aromatic carbocycles. The minimum Gasteiger partial charge on any atom is -0.369 e. The van der Waals surface area contributed by atoms with Gasteiger partial charge in [-0.3, -0.25) is 9.82 Å². The first kappa shape index (κ1) is 24.3. The summed E-state index contributed by atoms with van der Waals surface area (Å²) >= 11 is 0. The molecule has 0 bridgehead atoms. The number of rotatable bonds is 12. The van der Waals surface area contributed by atoms with Gasteiger partial charge in [-0.05, 0) is 30.5 Å². The SMILES string of the molecule is CS(=O)(=O)N(CCCCCCN(C(N)=NC#N)c1ccncc1)OCc1ccccc1. The molecule has 10 heteroatoms. The van der Waals surface area contributed by atoms with Crippen molar-refractivity contribution in [2.24, 2.45) is 10.7 Å². The van der Waals surface area contributed by atoms with Crippen LogP contribution in [0, 0.1) is 11.5 Å². The maximum absolute atomic E-state index is 12.0. The van der Waals surface area contributed by atoms with Crippen LogP contribution in [0.1, 0.15) is 31.2 Å². The van der Waals surface area contributed by atoms with E-state index >= 15 is 0 Å². The van der Waals surface area contributed by atoms with Crippen LogP contribution in [0.3, 0.4) is 0 Å². The maximum atomic E-state index is 12.0. The minimum atomic E-state index is -3.46. The Morgan fingerprint density at radius 1 is 1.10 bits per heavy atom.